The molecule has 5 rings (SSSR count). The van der Waals surface area contributed by atoms with Crippen molar-refractivity contribution in [2.75, 3.05) is 10.2 Å². The van der Waals surface area contributed by atoms with Gasteiger partial charge in [0, 0.05) is 34.9 Å². The molecule has 218 valence electrons. The summed E-state index contributed by atoms with van der Waals surface area (Å²) < 4.78 is 43.8. The maximum atomic E-state index is 14.0. The van der Waals surface area contributed by atoms with Gasteiger partial charge in [0.15, 0.2) is 5.11 Å². The lowest BCUT2D eigenvalue weighted by atomic mass is 9.96. The Hall–Kier alpha value is -4.18. The molecule has 4 aromatic rings. The van der Waals surface area contributed by atoms with E-state index in [4.69, 9.17) is 12.2 Å². The number of hydrogen-bond acceptors (Lipinski definition) is 3. The van der Waals surface area contributed by atoms with Crippen molar-refractivity contribution in [3.63, 3.8) is 0 Å². The number of aromatic nitrogens is 2. The number of thiocarbonyl (C=S) groups is 1. The number of rotatable bonds is 6. The summed E-state index contributed by atoms with van der Waals surface area (Å²) in [6, 6.07) is 18.1. The van der Waals surface area contributed by atoms with Crippen LogP contribution in [0.2, 0.25) is 0 Å². The van der Waals surface area contributed by atoms with Gasteiger partial charge < -0.3 is 20.1 Å². The van der Waals surface area contributed by atoms with Crippen molar-refractivity contribution in [2.45, 2.75) is 52.9 Å². The monoisotopic (exact) mass is 591 g/mol. The Morgan fingerprint density at radius 2 is 1.74 bits per heavy atom. The Morgan fingerprint density at radius 1 is 1.02 bits per heavy atom. The SMILES string of the molecule is Cc1cc(N2C(=S)N[C@H](c3ccccn3)[C@H]2c2cc(C)n(-c3ccccc3C(F)(F)F)c2C)ccc1NC(=O)C(C)C. The van der Waals surface area contributed by atoms with Gasteiger partial charge in [-0.25, -0.2) is 0 Å². The van der Waals surface area contributed by atoms with Crippen LogP contribution < -0.4 is 15.5 Å². The van der Waals surface area contributed by atoms with Crippen LogP contribution in [0.5, 0.6) is 0 Å². The lowest BCUT2D eigenvalue weighted by Crippen LogP contribution is -2.29. The highest BCUT2D eigenvalue weighted by molar-refractivity contribution is 7.80. The van der Waals surface area contributed by atoms with Crippen molar-refractivity contribution in [1.29, 1.82) is 0 Å². The van der Waals surface area contributed by atoms with Gasteiger partial charge >= 0.3 is 6.18 Å². The summed E-state index contributed by atoms with van der Waals surface area (Å²) in [5, 5.41) is 6.84. The molecule has 0 saturated carbocycles. The Balaban J connectivity index is 1.65. The van der Waals surface area contributed by atoms with Crippen molar-refractivity contribution in [3.05, 3.63) is 107 Å². The number of alkyl halides is 3. The Labute approximate surface area is 248 Å². The third-order valence-electron chi connectivity index (χ3n) is 7.61. The summed E-state index contributed by atoms with van der Waals surface area (Å²) in [4.78, 5) is 18.9. The number of nitrogens with one attached hydrogen (secondary N) is 2. The highest BCUT2D eigenvalue weighted by Gasteiger charge is 2.43. The number of anilines is 2. The molecular weight excluding hydrogens is 559 g/mol. The number of carbonyl (C=O) groups excluding carboxylic acids is 1. The number of halogens is 3. The van der Waals surface area contributed by atoms with Crippen LogP contribution in [0.4, 0.5) is 24.5 Å². The number of hydrogen-bond donors (Lipinski definition) is 2. The molecule has 0 spiro atoms. The predicted octanol–water partition coefficient (Wildman–Crippen LogP) is 7.59. The van der Waals surface area contributed by atoms with Crippen LogP contribution in [0.3, 0.4) is 0 Å². The summed E-state index contributed by atoms with van der Waals surface area (Å²) in [5.41, 5.74) is 4.63. The Bertz CT molecular complexity index is 1650. The highest BCUT2D eigenvalue weighted by Crippen LogP contribution is 2.45. The maximum absolute atomic E-state index is 14.0. The van der Waals surface area contributed by atoms with E-state index in [0.717, 1.165) is 28.6 Å². The minimum absolute atomic E-state index is 0.0711. The quantitative estimate of drug-likeness (QED) is 0.226. The van der Waals surface area contributed by atoms with Crippen LogP contribution in [0.25, 0.3) is 5.69 Å². The van der Waals surface area contributed by atoms with Crippen LogP contribution in [-0.4, -0.2) is 20.6 Å². The first-order chi connectivity index (χ1) is 19.9. The zero-order chi connectivity index (χ0) is 30.3. The molecule has 2 aromatic carbocycles. The number of aryl methyl sites for hydroxylation is 2. The third-order valence-corrected chi connectivity index (χ3v) is 7.92. The fourth-order valence-corrected chi connectivity index (χ4v) is 5.88. The molecule has 0 bridgehead atoms. The van der Waals surface area contributed by atoms with E-state index in [-0.39, 0.29) is 23.6 Å². The van der Waals surface area contributed by atoms with Crippen molar-refractivity contribution < 1.29 is 18.0 Å². The van der Waals surface area contributed by atoms with Gasteiger partial charge in [-0.3, -0.25) is 9.78 Å². The molecule has 3 heterocycles. The minimum Gasteiger partial charge on any atom is -0.351 e. The third kappa shape index (κ3) is 5.38. The molecule has 2 N–H and O–H groups in total. The molecule has 2 aromatic heterocycles. The fourth-order valence-electron chi connectivity index (χ4n) is 5.53. The first-order valence-corrected chi connectivity index (χ1v) is 14.1. The van der Waals surface area contributed by atoms with Gasteiger partial charge in [-0.1, -0.05) is 32.0 Å². The van der Waals surface area contributed by atoms with Crippen LogP contribution in [-0.2, 0) is 11.0 Å². The van der Waals surface area contributed by atoms with Gasteiger partial charge in [-0.15, -0.1) is 0 Å². The number of benzene rings is 2. The number of carbonyl (C=O) groups is 1. The number of nitrogens with zero attached hydrogens (tertiary/aromatic N) is 3. The number of pyridine rings is 1. The van der Waals surface area contributed by atoms with Crippen molar-refractivity contribution >= 4 is 34.6 Å². The molecular formula is C32H32F3N5OS. The van der Waals surface area contributed by atoms with Crippen LogP contribution >= 0.6 is 12.2 Å². The highest BCUT2D eigenvalue weighted by atomic mass is 32.1. The average molecular weight is 592 g/mol. The first kappa shape index (κ1) is 29.3. The molecule has 1 amide bonds. The zero-order valence-electron chi connectivity index (χ0n) is 24.0. The predicted molar refractivity (Wildman–Crippen MR) is 163 cm³/mol. The van der Waals surface area contributed by atoms with Gasteiger partial charge in [0.05, 0.1) is 29.0 Å². The second-order valence-electron chi connectivity index (χ2n) is 10.8. The van der Waals surface area contributed by atoms with E-state index in [1.165, 1.54) is 12.1 Å². The minimum atomic E-state index is -4.51. The van der Waals surface area contributed by atoms with Crippen molar-refractivity contribution in [1.82, 2.24) is 14.9 Å². The van der Waals surface area contributed by atoms with E-state index < -0.39 is 17.8 Å². The van der Waals surface area contributed by atoms with Gasteiger partial charge in [-0.2, -0.15) is 13.2 Å². The largest absolute Gasteiger partial charge is 0.418 e. The van der Waals surface area contributed by atoms with E-state index in [1.54, 1.807) is 23.8 Å². The van der Waals surface area contributed by atoms with E-state index >= 15 is 0 Å². The molecule has 2 atom stereocenters. The Kier molecular flexibility index (Phi) is 7.85. The summed E-state index contributed by atoms with van der Waals surface area (Å²) in [7, 11) is 0. The zero-order valence-corrected chi connectivity index (χ0v) is 24.8. The molecule has 10 heteroatoms. The fraction of sp³-hybridized carbons (Fsp3) is 0.281. The van der Waals surface area contributed by atoms with E-state index in [1.807, 2.05) is 75.1 Å². The molecule has 0 radical (unpaired) electrons. The van der Waals surface area contributed by atoms with Gasteiger partial charge in [0.1, 0.15) is 0 Å². The standard InChI is InChI=1S/C32H32F3N5OS/c1-18(2)30(41)37-25-14-13-22(16-19(25)3)40-29(28(38-31(40)42)26-11-8-9-15-36-26)23-17-20(4)39(21(23)5)27-12-7-6-10-24(27)32(33,34)35/h6-18,28-29H,1-5H3,(H,37,41)(H,38,42)/t28-,29-/m1/s1. The van der Waals surface area contributed by atoms with Crippen molar-refractivity contribution in [3.8, 4) is 5.69 Å². The molecule has 1 aliphatic heterocycles. The lowest BCUT2D eigenvalue weighted by molar-refractivity contribution is -0.137. The first-order valence-electron chi connectivity index (χ1n) is 13.7. The average Bonchev–Trinajstić information content (AvgIpc) is 3.44. The molecule has 1 fully saturated rings. The molecule has 1 aliphatic rings. The summed E-state index contributed by atoms with van der Waals surface area (Å²) in [6.07, 6.45) is -2.80. The molecule has 6 nitrogen and oxygen atoms in total. The topological polar surface area (TPSA) is 62.2 Å². The van der Waals surface area contributed by atoms with Crippen LogP contribution in [0.15, 0.2) is 72.9 Å². The summed E-state index contributed by atoms with van der Waals surface area (Å²) >= 11 is 5.86. The lowest BCUT2D eigenvalue weighted by Gasteiger charge is -2.29. The summed E-state index contributed by atoms with van der Waals surface area (Å²) in [6.45, 7) is 9.22. The van der Waals surface area contributed by atoms with Crippen LogP contribution in [0, 0.1) is 26.7 Å². The van der Waals surface area contributed by atoms with Gasteiger partial charge in [-0.05, 0) is 92.6 Å². The van der Waals surface area contributed by atoms with Crippen LogP contribution in [0.1, 0.15) is 59.7 Å². The molecule has 42 heavy (non-hydrogen) atoms. The van der Waals surface area contributed by atoms with E-state index in [0.29, 0.717) is 22.2 Å². The second kappa shape index (κ2) is 11.2. The van der Waals surface area contributed by atoms with Gasteiger partial charge in [0.25, 0.3) is 0 Å². The van der Waals surface area contributed by atoms with E-state index in [9.17, 15) is 18.0 Å². The molecule has 0 unspecified atom stereocenters. The number of amides is 1. The van der Waals surface area contributed by atoms with E-state index in [2.05, 4.69) is 15.6 Å². The number of para-hydroxylation sites is 1. The van der Waals surface area contributed by atoms with Gasteiger partial charge in [0.2, 0.25) is 5.91 Å². The Morgan fingerprint density at radius 3 is 2.38 bits per heavy atom. The normalized spacial score (nSPS) is 17.1. The second-order valence-corrected chi connectivity index (χ2v) is 11.2. The smallest absolute Gasteiger partial charge is 0.351 e. The maximum Gasteiger partial charge on any atom is 0.418 e. The molecule has 0 aliphatic carbocycles. The summed E-state index contributed by atoms with van der Waals surface area (Å²) in [5.74, 6) is -0.246. The molecule has 1 saturated heterocycles. The van der Waals surface area contributed by atoms with Crippen molar-refractivity contribution in [2.24, 2.45) is 5.92 Å².